The highest BCUT2D eigenvalue weighted by atomic mass is 32.2. The monoisotopic (exact) mass is 1470 g/mol. The average Bonchev–Trinajstić information content (AvgIpc) is 1.79. The van der Waals surface area contributed by atoms with Crippen LogP contribution in [0.5, 0.6) is 11.5 Å². The number of carboxylic acid groups (broad SMARTS) is 2. The number of aliphatic carboxylic acids is 2. The molecule has 2 atom stereocenters. The second-order valence-corrected chi connectivity index (χ2v) is 29.2. The largest absolute Gasteiger partial charge is 0.491 e. The number of ether oxygens (including phenoxy) is 4. The molecule has 2 aliphatic rings. The van der Waals surface area contributed by atoms with Crippen molar-refractivity contribution in [1.29, 1.82) is 0 Å². The Morgan fingerprint density at radius 2 is 0.933 bits per heavy atom. The smallest absolute Gasteiger partial charge is 0.305 e. The fourth-order valence-corrected chi connectivity index (χ4v) is 15.0. The number of nitrogens with one attached hydrogen (secondary N) is 2. The number of amides is 2. The Labute approximate surface area is 623 Å². The SMILES string of the molecule is CCCCOCCOc1ccc(-c2ccc3c(c2)/C=C(/C(=O)Nc2ccc([S@@](=O)Cc4c(C)nc(C)n4CCC)cc2)CCCN3CCC(=O)O)cc1.CCCCOCCOc1ccc(-c2ccc3c(c2)/C=C(/C(=O)Nc2ccc([S@@](=O)Cc4cnc(C)n4CCC)cc2)CCCN3CCC(=O)O)cc1. The molecule has 20 nitrogen and oxygen atoms in total. The highest BCUT2D eigenvalue weighted by molar-refractivity contribution is 7.84. The molecule has 0 bridgehead atoms. The molecule has 2 aliphatic heterocycles. The van der Waals surface area contributed by atoms with Gasteiger partial charge in [-0.15, -0.1) is 0 Å². The van der Waals surface area contributed by atoms with Gasteiger partial charge in [0.2, 0.25) is 0 Å². The molecule has 558 valence electrons. The van der Waals surface area contributed by atoms with Gasteiger partial charge in [-0.25, -0.2) is 9.97 Å². The standard InChI is InChI=1S/C42H52N4O6S.C41H50N4O6S/c1-5-7-24-51-25-26-52-37-15-10-32(11-16-37)33-12-19-39-35(27-33)28-34(9-8-22-45(39)23-20-41(47)48)42(49)44-36-13-17-38(18-14-36)53(50)29-40-30(3)43-31(4)46(40)21-6-2;1-4-6-23-50-24-25-51-37-14-9-31(10-15-37)32-11-18-39-34(26-32)27-33(8-7-21-44(39)22-19-40(46)47)41(48)43-35-12-16-38(17-13-35)52(49)29-36-28-42-30(3)45(36)20-5-2/h10-19,27-28H,5-9,20-26,29H2,1-4H3,(H,44,49)(H,47,48);9-18,26-28H,4-8,19-25,29H2,1-3H3,(H,43,48)(H,46,47)/b34-28+;33-27+/t53-;52-/m00/s1. The van der Waals surface area contributed by atoms with Crippen molar-refractivity contribution in [1.82, 2.24) is 19.1 Å². The summed E-state index contributed by atoms with van der Waals surface area (Å²) >= 11 is 0. The molecule has 22 heteroatoms. The van der Waals surface area contributed by atoms with Gasteiger partial charge in [-0.05, 0) is 215 Å². The van der Waals surface area contributed by atoms with Crippen LogP contribution < -0.4 is 29.9 Å². The lowest BCUT2D eigenvalue weighted by molar-refractivity contribution is -0.137. The second kappa shape index (κ2) is 40.7. The van der Waals surface area contributed by atoms with Crippen molar-refractivity contribution >= 4 is 80.3 Å². The van der Waals surface area contributed by atoms with Gasteiger partial charge >= 0.3 is 11.9 Å². The molecule has 0 fully saturated rings. The number of benzene rings is 6. The number of carboxylic acids is 2. The van der Waals surface area contributed by atoms with Gasteiger partial charge in [0, 0.05) is 102 Å². The summed E-state index contributed by atoms with van der Waals surface area (Å²) in [5.41, 5.74) is 12.8. The molecule has 105 heavy (non-hydrogen) atoms. The zero-order valence-electron chi connectivity index (χ0n) is 61.8. The summed E-state index contributed by atoms with van der Waals surface area (Å²) in [6.45, 7) is 21.6. The van der Waals surface area contributed by atoms with Gasteiger partial charge in [0.05, 0.1) is 76.2 Å². The zero-order valence-corrected chi connectivity index (χ0v) is 63.4. The molecular weight excluding hydrogens is 1370 g/mol. The van der Waals surface area contributed by atoms with E-state index in [9.17, 15) is 37.8 Å². The molecule has 8 aromatic rings. The van der Waals surface area contributed by atoms with E-state index >= 15 is 0 Å². The van der Waals surface area contributed by atoms with Crippen LogP contribution in [-0.2, 0) is 74.8 Å². The van der Waals surface area contributed by atoms with Crippen LogP contribution in [0.15, 0.2) is 161 Å². The number of aromatic nitrogens is 4. The van der Waals surface area contributed by atoms with E-state index < -0.39 is 33.5 Å². The number of aryl methyl sites for hydroxylation is 3. The van der Waals surface area contributed by atoms with Crippen LogP contribution in [0, 0.1) is 20.8 Å². The van der Waals surface area contributed by atoms with Gasteiger partial charge in [0.25, 0.3) is 11.8 Å². The minimum absolute atomic E-state index is 0.0196. The predicted octanol–water partition coefficient (Wildman–Crippen LogP) is 16.0. The highest BCUT2D eigenvalue weighted by Crippen LogP contribution is 2.36. The Balaban J connectivity index is 0.000000243. The molecule has 2 amide bonds. The quantitative estimate of drug-likeness (QED) is 0.0267. The number of anilines is 4. The predicted molar refractivity (Wildman–Crippen MR) is 419 cm³/mol. The maximum Gasteiger partial charge on any atom is 0.305 e. The Morgan fingerprint density at radius 3 is 1.37 bits per heavy atom. The summed E-state index contributed by atoms with van der Waals surface area (Å²) in [6, 6.07) is 42.4. The Bertz CT molecular complexity index is 4300. The molecular formula is C83H102N8O12S2. The van der Waals surface area contributed by atoms with Gasteiger partial charge in [-0.3, -0.25) is 27.6 Å². The summed E-state index contributed by atoms with van der Waals surface area (Å²) in [4.78, 5) is 64.9. The first-order chi connectivity index (χ1) is 50.9. The van der Waals surface area contributed by atoms with Crippen LogP contribution in [0.3, 0.4) is 0 Å². The lowest BCUT2D eigenvalue weighted by Crippen LogP contribution is -2.29. The number of fused-ring (bicyclic) bond motifs is 2. The first-order valence-electron chi connectivity index (χ1n) is 36.8. The van der Waals surface area contributed by atoms with E-state index in [2.05, 4.69) is 79.4 Å². The van der Waals surface area contributed by atoms with Gasteiger partial charge in [-0.2, -0.15) is 0 Å². The van der Waals surface area contributed by atoms with E-state index in [1.54, 1.807) is 54.7 Å². The van der Waals surface area contributed by atoms with Crippen molar-refractivity contribution in [3.05, 3.63) is 191 Å². The third kappa shape index (κ3) is 23.5. The summed E-state index contributed by atoms with van der Waals surface area (Å²) in [7, 11) is -2.53. The highest BCUT2D eigenvalue weighted by Gasteiger charge is 2.24. The maximum atomic E-state index is 13.7. The van der Waals surface area contributed by atoms with Gasteiger partial charge in [-0.1, -0.05) is 76.9 Å². The Morgan fingerprint density at radius 1 is 0.495 bits per heavy atom. The summed E-state index contributed by atoms with van der Waals surface area (Å²) in [5, 5.41) is 24.9. The Kier molecular flexibility index (Phi) is 30.9. The van der Waals surface area contributed by atoms with Crippen LogP contribution in [0.2, 0.25) is 0 Å². The molecule has 0 aliphatic carbocycles. The number of hydrogen-bond donors (Lipinski definition) is 4. The number of nitrogens with zero attached hydrogens (tertiary/aromatic N) is 6. The molecule has 4 heterocycles. The number of carbonyl (C=O) groups is 4. The number of carbonyl (C=O) groups excluding carboxylic acids is 2. The molecule has 2 aromatic heterocycles. The van der Waals surface area contributed by atoms with Crippen LogP contribution in [0.1, 0.15) is 145 Å². The van der Waals surface area contributed by atoms with Gasteiger partial charge in [0.15, 0.2) is 0 Å². The number of rotatable bonds is 36. The van der Waals surface area contributed by atoms with Gasteiger partial charge in [0.1, 0.15) is 36.4 Å². The minimum atomic E-state index is -1.27. The molecule has 4 N–H and O–H groups in total. The molecule has 10 rings (SSSR count). The van der Waals surface area contributed by atoms with E-state index in [0.29, 0.717) is 122 Å². The third-order valence-electron chi connectivity index (χ3n) is 18.4. The summed E-state index contributed by atoms with van der Waals surface area (Å²) in [6.07, 6.45) is 14.3. The van der Waals surface area contributed by atoms with Crippen LogP contribution in [-0.4, -0.2) is 127 Å². The minimum Gasteiger partial charge on any atom is -0.491 e. The molecule has 0 spiro atoms. The van der Waals surface area contributed by atoms with Crippen molar-refractivity contribution < 1.29 is 56.8 Å². The Hall–Kier alpha value is -9.48. The van der Waals surface area contributed by atoms with Crippen molar-refractivity contribution in [3.63, 3.8) is 0 Å². The topological polar surface area (TPSA) is 246 Å². The molecule has 0 saturated heterocycles. The van der Waals surface area contributed by atoms with E-state index in [4.69, 9.17) is 18.9 Å². The van der Waals surface area contributed by atoms with Gasteiger partial charge < -0.3 is 58.7 Å². The van der Waals surface area contributed by atoms with Crippen LogP contribution >= 0.6 is 0 Å². The average molecular weight is 1470 g/mol. The molecule has 0 saturated carbocycles. The maximum absolute atomic E-state index is 13.7. The number of hydrogen-bond acceptors (Lipinski definition) is 14. The first kappa shape index (κ1) is 79.6. The van der Waals surface area contributed by atoms with Crippen molar-refractivity contribution in [3.8, 4) is 33.8 Å². The lowest BCUT2D eigenvalue weighted by atomic mass is 9.96. The van der Waals surface area contributed by atoms with Crippen molar-refractivity contribution in [2.45, 2.75) is 160 Å². The van der Waals surface area contributed by atoms with E-state index in [0.717, 1.165) is 150 Å². The first-order valence-corrected chi connectivity index (χ1v) is 39.4. The van der Waals surface area contributed by atoms with Crippen molar-refractivity contribution in [2.24, 2.45) is 0 Å². The summed E-state index contributed by atoms with van der Waals surface area (Å²) < 4.78 is 53.7. The van der Waals surface area contributed by atoms with E-state index in [-0.39, 0.29) is 24.7 Å². The second-order valence-electron chi connectivity index (χ2n) is 26.3. The fraction of sp³-hybridized carbons (Fsp3) is 0.398. The molecule has 0 radical (unpaired) electrons. The summed E-state index contributed by atoms with van der Waals surface area (Å²) in [5.74, 6) is 2.03. The number of imidazole rings is 2. The van der Waals surface area contributed by atoms with E-state index in [1.165, 1.54) is 0 Å². The van der Waals surface area contributed by atoms with E-state index in [1.807, 2.05) is 106 Å². The third-order valence-corrected chi connectivity index (χ3v) is 21.1. The van der Waals surface area contributed by atoms with Crippen LogP contribution in [0.25, 0.3) is 34.4 Å². The molecule has 0 unspecified atom stereocenters. The normalized spacial score (nSPS) is 14.4. The number of unbranched alkanes of at least 4 members (excludes halogenated alkanes) is 2. The van der Waals surface area contributed by atoms with Crippen molar-refractivity contribution in [2.75, 3.05) is 86.3 Å². The lowest BCUT2D eigenvalue weighted by Gasteiger charge is -2.28. The zero-order chi connectivity index (χ0) is 74.6. The van der Waals surface area contributed by atoms with Crippen LogP contribution in [0.4, 0.5) is 22.7 Å². The fourth-order valence-electron chi connectivity index (χ4n) is 12.7. The molecule has 6 aromatic carbocycles.